The first-order chi connectivity index (χ1) is 6.49. The topological polar surface area (TPSA) is 42.1 Å². The Balaban J connectivity index is 2.84. The van der Waals surface area contributed by atoms with Crippen molar-refractivity contribution in [3.05, 3.63) is 17.3 Å². The standard InChI is InChI=1S/C10H16ClN3/c1-7(2)6-14(3)10-5-8(12)4-9(11)13-10/h4-5,7H,6H2,1-3H3,(H2,12,13). The molecule has 78 valence electrons. The molecule has 0 aliphatic rings. The molecule has 0 atom stereocenters. The second-order valence-corrected chi connectivity index (χ2v) is 4.24. The van der Waals surface area contributed by atoms with Crippen LogP contribution in [0.2, 0.25) is 5.15 Å². The summed E-state index contributed by atoms with van der Waals surface area (Å²) in [6, 6.07) is 3.47. The highest BCUT2D eigenvalue weighted by Gasteiger charge is 2.06. The first-order valence-corrected chi connectivity index (χ1v) is 5.01. The summed E-state index contributed by atoms with van der Waals surface area (Å²) in [5, 5.41) is 0.440. The number of nitrogens with zero attached hydrogens (tertiary/aromatic N) is 2. The maximum atomic E-state index is 5.81. The second-order valence-electron chi connectivity index (χ2n) is 3.86. The predicted molar refractivity (Wildman–Crippen MR) is 61.8 cm³/mol. The van der Waals surface area contributed by atoms with Crippen LogP contribution in [-0.2, 0) is 0 Å². The van der Waals surface area contributed by atoms with Crippen molar-refractivity contribution in [2.45, 2.75) is 13.8 Å². The van der Waals surface area contributed by atoms with E-state index in [0.29, 0.717) is 16.8 Å². The van der Waals surface area contributed by atoms with Crippen LogP contribution in [0.3, 0.4) is 0 Å². The lowest BCUT2D eigenvalue weighted by molar-refractivity contribution is 0.635. The van der Waals surface area contributed by atoms with Crippen LogP contribution in [0.5, 0.6) is 0 Å². The van der Waals surface area contributed by atoms with E-state index in [-0.39, 0.29) is 0 Å². The summed E-state index contributed by atoms with van der Waals surface area (Å²) < 4.78 is 0. The van der Waals surface area contributed by atoms with Gasteiger partial charge in [0.1, 0.15) is 11.0 Å². The van der Waals surface area contributed by atoms with E-state index in [1.807, 2.05) is 18.0 Å². The molecule has 4 heteroatoms. The van der Waals surface area contributed by atoms with Gasteiger partial charge in [-0.15, -0.1) is 0 Å². The van der Waals surface area contributed by atoms with Gasteiger partial charge in [0.05, 0.1) is 0 Å². The van der Waals surface area contributed by atoms with Crippen LogP contribution in [0, 0.1) is 5.92 Å². The fraction of sp³-hybridized carbons (Fsp3) is 0.500. The van der Waals surface area contributed by atoms with Crippen molar-refractivity contribution in [2.24, 2.45) is 5.92 Å². The summed E-state index contributed by atoms with van der Waals surface area (Å²) in [5.74, 6) is 1.41. The summed E-state index contributed by atoms with van der Waals surface area (Å²) in [5.41, 5.74) is 6.33. The molecule has 1 heterocycles. The van der Waals surface area contributed by atoms with Crippen LogP contribution in [-0.4, -0.2) is 18.6 Å². The van der Waals surface area contributed by atoms with Crippen molar-refractivity contribution in [3.63, 3.8) is 0 Å². The van der Waals surface area contributed by atoms with Crippen LogP contribution < -0.4 is 10.6 Å². The van der Waals surface area contributed by atoms with Gasteiger partial charge < -0.3 is 10.6 Å². The maximum Gasteiger partial charge on any atom is 0.133 e. The van der Waals surface area contributed by atoms with E-state index in [0.717, 1.165) is 12.4 Å². The van der Waals surface area contributed by atoms with Gasteiger partial charge in [-0.05, 0) is 12.0 Å². The molecule has 0 saturated carbocycles. The minimum absolute atomic E-state index is 0.440. The van der Waals surface area contributed by atoms with Crippen molar-refractivity contribution in [1.82, 2.24) is 4.98 Å². The van der Waals surface area contributed by atoms with E-state index >= 15 is 0 Å². The van der Waals surface area contributed by atoms with Gasteiger partial charge in [-0.3, -0.25) is 0 Å². The van der Waals surface area contributed by atoms with Crippen molar-refractivity contribution < 1.29 is 0 Å². The molecular formula is C10H16ClN3. The van der Waals surface area contributed by atoms with E-state index in [4.69, 9.17) is 17.3 Å². The number of pyridine rings is 1. The second kappa shape index (κ2) is 4.51. The Morgan fingerprint density at radius 3 is 2.64 bits per heavy atom. The zero-order valence-corrected chi connectivity index (χ0v) is 9.54. The summed E-state index contributed by atoms with van der Waals surface area (Å²) in [7, 11) is 1.98. The van der Waals surface area contributed by atoms with Gasteiger partial charge in [-0.1, -0.05) is 25.4 Å². The van der Waals surface area contributed by atoms with Gasteiger partial charge in [0.25, 0.3) is 0 Å². The van der Waals surface area contributed by atoms with Crippen LogP contribution in [0.1, 0.15) is 13.8 Å². The molecular weight excluding hydrogens is 198 g/mol. The number of halogens is 1. The Bertz CT molecular complexity index is 292. The van der Waals surface area contributed by atoms with Gasteiger partial charge in [-0.25, -0.2) is 4.98 Å². The van der Waals surface area contributed by atoms with Gasteiger partial charge in [-0.2, -0.15) is 0 Å². The van der Waals surface area contributed by atoms with Gasteiger partial charge in [0, 0.05) is 25.3 Å². The molecule has 0 aromatic carbocycles. The molecule has 0 aliphatic carbocycles. The first kappa shape index (κ1) is 11.1. The summed E-state index contributed by atoms with van der Waals surface area (Å²) in [4.78, 5) is 6.25. The molecule has 0 unspecified atom stereocenters. The van der Waals surface area contributed by atoms with Crippen LogP contribution >= 0.6 is 11.6 Å². The first-order valence-electron chi connectivity index (χ1n) is 4.63. The third-order valence-electron chi connectivity index (χ3n) is 1.83. The summed E-state index contributed by atoms with van der Waals surface area (Å²) in [6.07, 6.45) is 0. The molecule has 1 aromatic rings. The van der Waals surface area contributed by atoms with E-state index in [9.17, 15) is 0 Å². The fourth-order valence-corrected chi connectivity index (χ4v) is 1.55. The minimum Gasteiger partial charge on any atom is -0.399 e. The largest absolute Gasteiger partial charge is 0.399 e. The lowest BCUT2D eigenvalue weighted by Crippen LogP contribution is -2.23. The molecule has 0 fully saturated rings. The van der Waals surface area contributed by atoms with Gasteiger partial charge in [0.2, 0.25) is 0 Å². The highest BCUT2D eigenvalue weighted by molar-refractivity contribution is 6.29. The average molecular weight is 214 g/mol. The maximum absolute atomic E-state index is 5.81. The summed E-state index contributed by atoms with van der Waals surface area (Å²) >= 11 is 5.81. The van der Waals surface area contributed by atoms with Crippen LogP contribution in [0.4, 0.5) is 11.5 Å². The van der Waals surface area contributed by atoms with Gasteiger partial charge >= 0.3 is 0 Å². The Morgan fingerprint density at radius 1 is 1.50 bits per heavy atom. The quantitative estimate of drug-likeness (QED) is 0.785. The molecule has 2 N–H and O–H groups in total. The Hall–Kier alpha value is -0.960. The van der Waals surface area contributed by atoms with E-state index in [1.54, 1.807) is 6.07 Å². The third kappa shape index (κ3) is 3.07. The predicted octanol–water partition coefficient (Wildman–Crippen LogP) is 2.41. The zero-order valence-electron chi connectivity index (χ0n) is 8.79. The molecule has 0 radical (unpaired) electrons. The fourth-order valence-electron chi connectivity index (χ4n) is 1.34. The number of hydrogen-bond donors (Lipinski definition) is 1. The lowest BCUT2D eigenvalue weighted by Gasteiger charge is -2.20. The number of hydrogen-bond acceptors (Lipinski definition) is 3. The molecule has 1 rings (SSSR count). The SMILES string of the molecule is CC(C)CN(C)c1cc(N)cc(Cl)n1. The number of rotatable bonds is 3. The molecule has 0 bridgehead atoms. The highest BCUT2D eigenvalue weighted by atomic mass is 35.5. The lowest BCUT2D eigenvalue weighted by atomic mass is 10.2. The zero-order chi connectivity index (χ0) is 10.7. The molecule has 0 spiro atoms. The molecule has 0 saturated heterocycles. The highest BCUT2D eigenvalue weighted by Crippen LogP contribution is 2.19. The van der Waals surface area contributed by atoms with Crippen molar-refractivity contribution in [3.8, 4) is 0 Å². The Morgan fingerprint density at radius 2 is 2.14 bits per heavy atom. The average Bonchev–Trinajstić information content (AvgIpc) is 2.00. The smallest absolute Gasteiger partial charge is 0.133 e. The molecule has 14 heavy (non-hydrogen) atoms. The van der Waals surface area contributed by atoms with Crippen molar-refractivity contribution in [2.75, 3.05) is 24.2 Å². The van der Waals surface area contributed by atoms with Crippen molar-refractivity contribution in [1.29, 1.82) is 0 Å². The minimum atomic E-state index is 0.440. The third-order valence-corrected chi connectivity index (χ3v) is 2.03. The Labute approximate surface area is 89.9 Å². The van der Waals surface area contributed by atoms with Crippen LogP contribution in [0.15, 0.2) is 12.1 Å². The molecule has 3 nitrogen and oxygen atoms in total. The molecule has 0 amide bonds. The number of nitrogen functional groups attached to an aromatic ring is 1. The van der Waals surface area contributed by atoms with Crippen molar-refractivity contribution >= 4 is 23.1 Å². The Kier molecular flexibility index (Phi) is 3.58. The van der Waals surface area contributed by atoms with Crippen LogP contribution in [0.25, 0.3) is 0 Å². The van der Waals surface area contributed by atoms with E-state index in [1.165, 1.54) is 0 Å². The number of aromatic nitrogens is 1. The monoisotopic (exact) mass is 213 g/mol. The van der Waals surface area contributed by atoms with E-state index < -0.39 is 0 Å². The number of anilines is 2. The van der Waals surface area contributed by atoms with Gasteiger partial charge in [0.15, 0.2) is 0 Å². The molecule has 1 aromatic heterocycles. The van der Waals surface area contributed by atoms with E-state index in [2.05, 4.69) is 18.8 Å². The number of nitrogens with two attached hydrogens (primary N) is 1. The molecule has 0 aliphatic heterocycles. The normalized spacial score (nSPS) is 10.6. The summed E-state index contributed by atoms with van der Waals surface area (Å²) in [6.45, 7) is 5.25.